The van der Waals surface area contributed by atoms with Crippen LogP contribution in [0, 0.1) is 0 Å². The molecule has 0 unspecified atom stereocenters. The zero-order valence-corrected chi connectivity index (χ0v) is 14.2. The molecule has 0 N–H and O–H groups in total. The predicted octanol–water partition coefficient (Wildman–Crippen LogP) is 2.85. The summed E-state index contributed by atoms with van der Waals surface area (Å²) in [7, 11) is 1.70. The molecular formula is C17H23NO4S. The Balaban J connectivity index is 1.61. The van der Waals surface area contributed by atoms with Gasteiger partial charge in [0.1, 0.15) is 12.1 Å². The van der Waals surface area contributed by atoms with Gasteiger partial charge in [0.2, 0.25) is 0 Å². The second-order valence-corrected chi connectivity index (χ2v) is 7.16. The zero-order valence-electron chi connectivity index (χ0n) is 13.4. The molecule has 1 aromatic rings. The highest BCUT2D eigenvalue weighted by Crippen LogP contribution is 2.27. The summed E-state index contributed by atoms with van der Waals surface area (Å²) < 4.78 is 11.1. The molecule has 2 fully saturated rings. The van der Waals surface area contributed by atoms with Gasteiger partial charge in [-0.15, -0.1) is 11.3 Å². The van der Waals surface area contributed by atoms with E-state index in [0.717, 1.165) is 32.1 Å². The molecule has 3 atom stereocenters. The van der Waals surface area contributed by atoms with E-state index in [1.807, 2.05) is 11.4 Å². The van der Waals surface area contributed by atoms with Crippen LogP contribution in [0.4, 0.5) is 0 Å². The van der Waals surface area contributed by atoms with Gasteiger partial charge in [-0.2, -0.15) is 0 Å². The number of esters is 1. The number of rotatable bonds is 4. The summed E-state index contributed by atoms with van der Waals surface area (Å²) in [5, 5.41) is 1.88. The maximum atomic E-state index is 12.5. The summed E-state index contributed by atoms with van der Waals surface area (Å²) in [6, 6.07) is 3.22. The molecule has 3 rings (SSSR count). The van der Waals surface area contributed by atoms with Crippen molar-refractivity contribution in [2.45, 2.75) is 56.8 Å². The number of nitrogens with zero attached hydrogens (tertiary/aromatic N) is 1. The first kappa shape index (κ1) is 16.5. The lowest BCUT2D eigenvalue weighted by atomic mass is 9.95. The summed E-state index contributed by atoms with van der Waals surface area (Å²) in [5.74, 6) is -0.313. The van der Waals surface area contributed by atoms with Gasteiger partial charge in [-0.3, -0.25) is 4.79 Å². The van der Waals surface area contributed by atoms with Crippen molar-refractivity contribution < 1.29 is 19.1 Å². The second kappa shape index (κ2) is 7.45. The Morgan fingerprint density at radius 1 is 1.22 bits per heavy atom. The number of amides is 1. The number of methoxy groups -OCH3 is 1. The zero-order chi connectivity index (χ0) is 16.2. The van der Waals surface area contributed by atoms with E-state index in [2.05, 4.69) is 0 Å². The largest absolute Gasteiger partial charge is 0.461 e. The molecule has 1 saturated carbocycles. The summed E-state index contributed by atoms with van der Waals surface area (Å²) in [4.78, 5) is 27.4. The minimum absolute atomic E-state index is 0.0575. The molecule has 1 aliphatic carbocycles. The number of thiophene rings is 1. The number of likely N-dealkylation sites (tertiary alicyclic amines) is 1. The Bertz CT molecular complexity index is 545. The van der Waals surface area contributed by atoms with Crippen molar-refractivity contribution in [1.82, 2.24) is 4.90 Å². The highest BCUT2D eigenvalue weighted by molar-refractivity contribution is 7.12. The number of carbonyl (C=O) groups excluding carboxylic acids is 2. The molecule has 5 nitrogen and oxygen atoms in total. The highest BCUT2D eigenvalue weighted by atomic mass is 32.1. The molecule has 2 aliphatic rings. The average Bonchev–Trinajstić information content (AvgIpc) is 3.25. The van der Waals surface area contributed by atoms with Gasteiger partial charge in [0, 0.05) is 20.1 Å². The molecule has 0 spiro atoms. The lowest BCUT2D eigenvalue weighted by Gasteiger charge is -2.30. The lowest BCUT2D eigenvalue weighted by molar-refractivity contribution is -0.157. The van der Waals surface area contributed by atoms with E-state index in [1.54, 1.807) is 18.1 Å². The third-order valence-electron chi connectivity index (χ3n) is 4.71. The predicted molar refractivity (Wildman–Crippen MR) is 87.5 cm³/mol. The molecule has 0 bridgehead atoms. The molecule has 23 heavy (non-hydrogen) atoms. The molecular weight excluding hydrogens is 314 g/mol. The first-order valence-electron chi connectivity index (χ1n) is 8.27. The normalized spacial score (nSPS) is 27.9. The average molecular weight is 337 g/mol. The molecule has 1 aromatic heterocycles. The van der Waals surface area contributed by atoms with Gasteiger partial charge in [-0.1, -0.05) is 6.07 Å². The van der Waals surface area contributed by atoms with Crippen LogP contribution in [-0.2, 0) is 14.3 Å². The lowest BCUT2D eigenvalue weighted by Crippen LogP contribution is -2.43. The van der Waals surface area contributed by atoms with E-state index in [-0.39, 0.29) is 24.1 Å². The van der Waals surface area contributed by atoms with Crippen molar-refractivity contribution in [3.8, 4) is 0 Å². The first-order valence-corrected chi connectivity index (χ1v) is 9.14. The molecule has 1 aliphatic heterocycles. The minimum Gasteiger partial charge on any atom is -0.461 e. The van der Waals surface area contributed by atoms with Gasteiger partial charge in [-0.05, 0) is 43.6 Å². The van der Waals surface area contributed by atoms with Crippen molar-refractivity contribution >= 4 is 23.2 Å². The van der Waals surface area contributed by atoms with E-state index in [0.29, 0.717) is 17.8 Å². The van der Waals surface area contributed by atoms with E-state index in [1.165, 1.54) is 11.3 Å². The van der Waals surface area contributed by atoms with Crippen molar-refractivity contribution in [3.63, 3.8) is 0 Å². The van der Waals surface area contributed by atoms with Crippen molar-refractivity contribution in [3.05, 3.63) is 22.4 Å². The van der Waals surface area contributed by atoms with Crippen LogP contribution in [0.15, 0.2) is 17.5 Å². The quantitative estimate of drug-likeness (QED) is 0.793. The van der Waals surface area contributed by atoms with Crippen molar-refractivity contribution in [1.29, 1.82) is 0 Å². The summed E-state index contributed by atoms with van der Waals surface area (Å²) in [6.07, 6.45) is 5.31. The fraction of sp³-hybridized carbons (Fsp3) is 0.647. The number of ether oxygens (including phenoxy) is 2. The smallest absolute Gasteiger partial charge is 0.329 e. The Morgan fingerprint density at radius 2 is 2.04 bits per heavy atom. The molecule has 2 heterocycles. The third kappa shape index (κ3) is 3.75. The Labute approximate surface area is 140 Å². The summed E-state index contributed by atoms with van der Waals surface area (Å²) in [6.45, 7) is 0.627. The SMILES string of the molecule is CO[C@@H]1CCC[C@@H](OC(=O)[C@@H]2CCCN2C(=O)c2cccs2)C1. The van der Waals surface area contributed by atoms with Crippen LogP contribution >= 0.6 is 11.3 Å². The van der Waals surface area contributed by atoms with Gasteiger partial charge in [-0.25, -0.2) is 4.79 Å². The van der Waals surface area contributed by atoms with Crippen LogP contribution in [0.2, 0.25) is 0 Å². The standard InChI is InChI=1S/C17H23NO4S/c1-21-12-5-2-6-13(11-12)22-17(20)14-7-3-9-18(14)16(19)15-8-4-10-23-15/h4,8,10,12-14H,2-3,5-7,9,11H2,1H3/t12-,13-,14+/m1/s1. The monoisotopic (exact) mass is 337 g/mol. The fourth-order valence-corrected chi connectivity index (χ4v) is 4.14. The van der Waals surface area contributed by atoms with E-state index < -0.39 is 6.04 Å². The van der Waals surface area contributed by atoms with Crippen molar-refractivity contribution in [2.75, 3.05) is 13.7 Å². The van der Waals surface area contributed by atoms with Crippen LogP contribution < -0.4 is 0 Å². The van der Waals surface area contributed by atoms with E-state index in [9.17, 15) is 9.59 Å². The number of hydrogen-bond donors (Lipinski definition) is 0. The summed E-state index contributed by atoms with van der Waals surface area (Å²) in [5.41, 5.74) is 0. The highest BCUT2D eigenvalue weighted by Gasteiger charge is 2.37. The van der Waals surface area contributed by atoms with Gasteiger partial charge in [0.25, 0.3) is 5.91 Å². The molecule has 0 radical (unpaired) electrons. The van der Waals surface area contributed by atoms with Gasteiger partial charge >= 0.3 is 5.97 Å². The molecule has 6 heteroatoms. The fourth-order valence-electron chi connectivity index (χ4n) is 3.46. The number of hydrogen-bond acceptors (Lipinski definition) is 5. The van der Waals surface area contributed by atoms with Gasteiger partial charge in [0.15, 0.2) is 0 Å². The number of carbonyl (C=O) groups is 2. The van der Waals surface area contributed by atoms with Gasteiger partial charge in [0.05, 0.1) is 11.0 Å². The Morgan fingerprint density at radius 3 is 2.78 bits per heavy atom. The Hall–Kier alpha value is -1.40. The molecule has 1 saturated heterocycles. The van der Waals surface area contributed by atoms with Crippen molar-refractivity contribution in [2.24, 2.45) is 0 Å². The van der Waals surface area contributed by atoms with Crippen LogP contribution in [0.25, 0.3) is 0 Å². The Kier molecular flexibility index (Phi) is 5.33. The van der Waals surface area contributed by atoms with Crippen LogP contribution in [0.3, 0.4) is 0 Å². The van der Waals surface area contributed by atoms with Crippen LogP contribution in [0.5, 0.6) is 0 Å². The maximum absolute atomic E-state index is 12.5. The second-order valence-electron chi connectivity index (χ2n) is 6.22. The van der Waals surface area contributed by atoms with Crippen LogP contribution in [0.1, 0.15) is 48.2 Å². The first-order chi connectivity index (χ1) is 11.2. The van der Waals surface area contributed by atoms with E-state index >= 15 is 0 Å². The molecule has 0 aromatic carbocycles. The van der Waals surface area contributed by atoms with E-state index in [4.69, 9.17) is 9.47 Å². The topological polar surface area (TPSA) is 55.8 Å². The summed E-state index contributed by atoms with van der Waals surface area (Å²) >= 11 is 1.41. The molecule has 1 amide bonds. The third-order valence-corrected chi connectivity index (χ3v) is 5.57. The van der Waals surface area contributed by atoms with Crippen LogP contribution in [-0.4, -0.2) is 48.7 Å². The molecule has 126 valence electrons. The minimum atomic E-state index is -0.437. The van der Waals surface area contributed by atoms with Gasteiger partial charge < -0.3 is 14.4 Å². The maximum Gasteiger partial charge on any atom is 0.329 e.